The maximum absolute atomic E-state index is 13.3. The highest BCUT2D eigenvalue weighted by atomic mass is 19.4. The molecule has 2 atom stereocenters. The van der Waals surface area contributed by atoms with Gasteiger partial charge in [-0.25, -0.2) is 0 Å². The van der Waals surface area contributed by atoms with Gasteiger partial charge < -0.3 is 14.2 Å². The number of nitrogens with zero attached hydrogens (tertiary/aromatic N) is 3. The quantitative estimate of drug-likeness (QED) is 0.715. The second-order valence-corrected chi connectivity index (χ2v) is 9.45. The van der Waals surface area contributed by atoms with E-state index in [0.717, 1.165) is 38.3 Å². The Morgan fingerprint density at radius 2 is 1.69 bits per heavy atom. The number of halogens is 3. The number of hydrogen-bond donors (Lipinski definition) is 0. The van der Waals surface area contributed by atoms with Gasteiger partial charge in [0.25, 0.3) is 5.56 Å². The second kappa shape index (κ2) is 8.23. The molecule has 172 valence electrons. The molecular weight excluding hydrogens is 419 g/mol. The summed E-state index contributed by atoms with van der Waals surface area (Å²) >= 11 is 0. The highest BCUT2D eigenvalue weighted by Crippen LogP contribution is 2.37. The number of hydrogen-bond acceptors (Lipinski definition) is 4. The summed E-state index contributed by atoms with van der Waals surface area (Å²) in [5.74, 6) is 0.519. The summed E-state index contributed by atoms with van der Waals surface area (Å²) in [6.45, 7) is 5.01. The minimum Gasteiger partial charge on any atom is -0.406 e. The number of piperidine rings is 2. The predicted octanol–water partition coefficient (Wildman–Crippen LogP) is 3.93. The molecule has 3 aliphatic heterocycles. The Hall–Kier alpha value is -2.32. The highest BCUT2D eigenvalue weighted by molar-refractivity contribution is 5.63. The van der Waals surface area contributed by atoms with E-state index in [1.807, 2.05) is 16.7 Å². The summed E-state index contributed by atoms with van der Waals surface area (Å²) in [6.07, 6.45) is -1.21. The van der Waals surface area contributed by atoms with Crippen LogP contribution >= 0.6 is 0 Å². The molecule has 3 aliphatic rings. The van der Waals surface area contributed by atoms with Gasteiger partial charge in [-0.15, -0.1) is 13.2 Å². The van der Waals surface area contributed by atoms with Gasteiger partial charge in [-0.1, -0.05) is 12.1 Å². The van der Waals surface area contributed by atoms with Crippen LogP contribution in [0.1, 0.15) is 30.9 Å². The fraction of sp³-hybridized carbons (Fsp3) is 0.542. The van der Waals surface area contributed by atoms with Gasteiger partial charge in [0.1, 0.15) is 5.75 Å². The molecule has 4 heterocycles. The van der Waals surface area contributed by atoms with E-state index in [0.29, 0.717) is 35.5 Å². The van der Waals surface area contributed by atoms with Crippen LogP contribution in [0, 0.1) is 5.92 Å². The fourth-order valence-corrected chi connectivity index (χ4v) is 5.70. The monoisotopic (exact) mass is 447 g/mol. The van der Waals surface area contributed by atoms with Gasteiger partial charge in [0, 0.05) is 42.9 Å². The summed E-state index contributed by atoms with van der Waals surface area (Å²) in [4.78, 5) is 18.3. The predicted molar refractivity (Wildman–Crippen MR) is 116 cm³/mol. The van der Waals surface area contributed by atoms with E-state index >= 15 is 0 Å². The maximum atomic E-state index is 13.3. The zero-order chi connectivity index (χ0) is 22.5. The van der Waals surface area contributed by atoms with E-state index in [2.05, 4.69) is 21.6 Å². The minimum absolute atomic E-state index is 0.0607. The molecule has 0 saturated carbocycles. The van der Waals surface area contributed by atoms with Gasteiger partial charge in [0.2, 0.25) is 0 Å². The lowest BCUT2D eigenvalue weighted by molar-refractivity contribution is -0.274. The zero-order valence-electron chi connectivity index (χ0n) is 18.1. The van der Waals surface area contributed by atoms with E-state index in [1.165, 1.54) is 37.1 Å². The van der Waals surface area contributed by atoms with Crippen LogP contribution in [0.25, 0.3) is 11.1 Å². The molecule has 0 aliphatic carbocycles. The molecular formula is C24H28F3N3O2. The van der Waals surface area contributed by atoms with Gasteiger partial charge in [0.15, 0.2) is 0 Å². The van der Waals surface area contributed by atoms with Crippen molar-refractivity contribution in [2.75, 3.05) is 33.2 Å². The van der Waals surface area contributed by atoms with E-state index in [1.54, 1.807) is 0 Å². The summed E-state index contributed by atoms with van der Waals surface area (Å²) in [5, 5.41) is 0. The third-order valence-corrected chi connectivity index (χ3v) is 7.24. The van der Waals surface area contributed by atoms with Crippen LogP contribution in [0.2, 0.25) is 0 Å². The van der Waals surface area contributed by atoms with E-state index in [-0.39, 0.29) is 11.3 Å². The number of aromatic nitrogens is 1. The Morgan fingerprint density at radius 3 is 2.38 bits per heavy atom. The molecule has 0 N–H and O–H groups in total. The first-order valence-corrected chi connectivity index (χ1v) is 11.3. The van der Waals surface area contributed by atoms with Crippen molar-refractivity contribution in [2.45, 2.75) is 44.1 Å². The Labute approximate surface area is 185 Å². The number of pyridine rings is 1. The molecule has 0 amide bonds. The zero-order valence-corrected chi connectivity index (χ0v) is 18.1. The van der Waals surface area contributed by atoms with E-state index in [4.69, 9.17) is 0 Å². The normalized spacial score (nSPS) is 24.9. The lowest BCUT2D eigenvalue weighted by atomic mass is 9.81. The van der Waals surface area contributed by atoms with Crippen molar-refractivity contribution < 1.29 is 17.9 Å². The molecule has 2 aromatic rings. The minimum atomic E-state index is -4.73. The number of ether oxygens (including phenoxy) is 1. The van der Waals surface area contributed by atoms with Crippen molar-refractivity contribution >= 4 is 0 Å². The van der Waals surface area contributed by atoms with Crippen molar-refractivity contribution in [1.82, 2.24) is 14.4 Å². The maximum Gasteiger partial charge on any atom is 0.573 e. The highest BCUT2D eigenvalue weighted by Gasteiger charge is 2.38. The number of fused-ring (bicyclic) bond motifs is 4. The van der Waals surface area contributed by atoms with Gasteiger partial charge in [-0.05, 0) is 75.1 Å². The lowest BCUT2D eigenvalue weighted by Crippen LogP contribution is -2.53. The van der Waals surface area contributed by atoms with Crippen LogP contribution in [0.15, 0.2) is 41.2 Å². The first-order valence-electron chi connectivity index (χ1n) is 11.3. The summed E-state index contributed by atoms with van der Waals surface area (Å²) in [7, 11) is 2.18. The molecule has 5 nitrogen and oxygen atoms in total. The largest absolute Gasteiger partial charge is 0.573 e. The molecule has 5 rings (SSSR count). The van der Waals surface area contributed by atoms with Gasteiger partial charge in [-0.2, -0.15) is 0 Å². The van der Waals surface area contributed by atoms with Gasteiger partial charge in [0.05, 0.1) is 0 Å². The molecule has 1 aromatic carbocycles. The Bertz CT molecular complexity index is 1030. The summed E-state index contributed by atoms with van der Waals surface area (Å²) < 4.78 is 43.1. The molecule has 8 heteroatoms. The van der Waals surface area contributed by atoms with Crippen LogP contribution in [0.5, 0.6) is 5.75 Å². The van der Waals surface area contributed by atoms with Gasteiger partial charge >= 0.3 is 6.36 Å². The molecule has 1 aromatic heterocycles. The first kappa shape index (κ1) is 21.5. The SMILES string of the molecule is CN1CCC(N2CC3CC(C2)c2ccc(-c4ccc(OC(F)(F)F)cc4)c(=O)n2C3)CC1. The van der Waals surface area contributed by atoms with Crippen LogP contribution in [0.3, 0.4) is 0 Å². The molecule has 2 saturated heterocycles. The first-order chi connectivity index (χ1) is 15.3. The van der Waals surface area contributed by atoms with Crippen LogP contribution in [0.4, 0.5) is 13.2 Å². The Balaban J connectivity index is 1.37. The fourth-order valence-electron chi connectivity index (χ4n) is 5.70. The van der Waals surface area contributed by atoms with Gasteiger partial charge in [-0.3, -0.25) is 9.69 Å². The average molecular weight is 448 g/mol. The number of alkyl halides is 3. The number of rotatable bonds is 3. The average Bonchev–Trinajstić information content (AvgIpc) is 2.74. The summed E-state index contributed by atoms with van der Waals surface area (Å²) in [5.41, 5.74) is 2.14. The molecule has 2 unspecified atom stereocenters. The third kappa shape index (κ3) is 4.30. The molecule has 32 heavy (non-hydrogen) atoms. The Morgan fingerprint density at radius 1 is 0.969 bits per heavy atom. The molecule has 2 fully saturated rings. The van der Waals surface area contributed by atoms with Crippen molar-refractivity contribution in [3.05, 3.63) is 52.4 Å². The number of likely N-dealkylation sites (tertiary alicyclic amines) is 2. The summed E-state index contributed by atoms with van der Waals surface area (Å²) in [6, 6.07) is 10.0. The van der Waals surface area contributed by atoms with E-state index < -0.39 is 6.36 Å². The van der Waals surface area contributed by atoms with Crippen molar-refractivity contribution in [1.29, 1.82) is 0 Å². The second-order valence-electron chi connectivity index (χ2n) is 9.45. The Kier molecular flexibility index (Phi) is 5.53. The lowest BCUT2D eigenvalue weighted by Gasteiger charge is -2.47. The van der Waals surface area contributed by atoms with Crippen LogP contribution < -0.4 is 10.3 Å². The standard InChI is InChI=1S/C24H28F3N3O2/c1-28-10-8-19(9-11-28)29-13-16-12-18(15-29)22-7-6-21(23(31)30(22)14-16)17-2-4-20(5-3-17)32-24(25,26)27/h2-7,16,18-19H,8-15H2,1H3. The van der Waals surface area contributed by atoms with Crippen molar-refractivity contribution in [2.24, 2.45) is 5.92 Å². The molecule has 0 radical (unpaired) electrons. The van der Waals surface area contributed by atoms with Crippen LogP contribution in [-0.4, -0.2) is 60.0 Å². The van der Waals surface area contributed by atoms with Crippen molar-refractivity contribution in [3.63, 3.8) is 0 Å². The van der Waals surface area contributed by atoms with E-state index in [9.17, 15) is 18.0 Å². The number of benzene rings is 1. The smallest absolute Gasteiger partial charge is 0.406 e. The third-order valence-electron chi connectivity index (χ3n) is 7.24. The molecule has 2 bridgehead atoms. The molecule has 0 spiro atoms. The van der Waals surface area contributed by atoms with Crippen molar-refractivity contribution in [3.8, 4) is 16.9 Å². The topological polar surface area (TPSA) is 37.7 Å². The van der Waals surface area contributed by atoms with Crippen LogP contribution in [-0.2, 0) is 6.54 Å².